The molecule has 0 radical (unpaired) electrons. The molecule has 70 valence electrons. The summed E-state index contributed by atoms with van der Waals surface area (Å²) in [5.74, 6) is -0.698. The molecule has 7 heteroatoms. The zero-order valence-corrected chi connectivity index (χ0v) is 11.0. The van der Waals surface area contributed by atoms with Gasteiger partial charge in [0.05, 0.1) is 9.82 Å². The molecular formula is C7H6N2O3SZn. The van der Waals surface area contributed by atoms with Crippen LogP contribution in [0.2, 0.25) is 0 Å². The van der Waals surface area contributed by atoms with Crippen LogP contribution < -0.4 is 5.73 Å². The minimum atomic E-state index is -0.698. The number of amides is 1. The second-order valence-corrected chi connectivity index (χ2v) is 2.81. The molecule has 0 unspecified atom stereocenters. The molecule has 0 saturated carbocycles. The summed E-state index contributed by atoms with van der Waals surface area (Å²) in [7, 11) is 0. The van der Waals surface area contributed by atoms with Gasteiger partial charge in [0.1, 0.15) is 0 Å². The zero-order chi connectivity index (χ0) is 10.0. The molecule has 0 atom stereocenters. The van der Waals surface area contributed by atoms with Crippen molar-refractivity contribution in [3.05, 3.63) is 33.9 Å². The molecule has 1 rings (SSSR count). The molecule has 0 fully saturated rings. The number of benzene rings is 1. The molecule has 0 aliphatic heterocycles. The van der Waals surface area contributed by atoms with Crippen LogP contribution in [0.1, 0.15) is 10.4 Å². The van der Waals surface area contributed by atoms with Gasteiger partial charge in [0.15, 0.2) is 0 Å². The number of thiol groups is 1. The maximum atomic E-state index is 10.7. The van der Waals surface area contributed by atoms with Crippen LogP contribution in [-0.4, -0.2) is 10.8 Å². The molecule has 0 aliphatic rings. The maximum Gasteiger partial charge on any atom is 0.283 e. The Labute approximate surface area is 98.0 Å². The molecule has 1 aromatic rings. The van der Waals surface area contributed by atoms with Crippen LogP contribution in [0.25, 0.3) is 0 Å². The Morgan fingerprint density at radius 3 is 2.50 bits per heavy atom. The molecule has 0 aliphatic carbocycles. The van der Waals surface area contributed by atoms with Crippen LogP contribution in [-0.2, 0) is 19.5 Å². The fourth-order valence-corrected chi connectivity index (χ4v) is 1.04. The maximum absolute atomic E-state index is 10.7. The summed E-state index contributed by atoms with van der Waals surface area (Å²) in [5, 5.41) is 10.4. The second kappa shape index (κ2) is 5.07. The minimum absolute atomic E-state index is 0. The van der Waals surface area contributed by atoms with Crippen molar-refractivity contribution in [2.24, 2.45) is 5.73 Å². The molecular weight excluding hydrogens is 258 g/mol. The van der Waals surface area contributed by atoms with Crippen LogP contribution in [0, 0.1) is 10.1 Å². The third kappa shape index (κ3) is 2.78. The number of carbonyl (C=O) groups excluding carboxylic acids is 1. The molecule has 2 N–H and O–H groups in total. The zero-order valence-electron chi connectivity index (χ0n) is 7.14. The van der Waals surface area contributed by atoms with Gasteiger partial charge in [-0.2, -0.15) is 0 Å². The Bertz CT molecular complexity index is 383. The predicted molar refractivity (Wildman–Crippen MR) is 48.9 cm³/mol. The molecule has 1 aromatic carbocycles. The van der Waals surface area contributed by atoms with Crippen molar-refractivity contribution in [2.45, 2.75) is 4.90 Å². The van der Waals surface area contributed by atoms with Gasteiger partial charge in [-0.1, -0.05) is 0 Å². The van der Waals surface area contributed by atoms with Crippen LogP contribution in [0.5, 0.6) is 0 Å². The number of nitrogens with two attached hydrogens (primary N) is 1. The Kier molecular flexibility index (Phi) is 4.73. The van der Waals surface area contributed by atoms with E-state index in [1.807, 2.05) is 0 Å². The van der Waals surface area contributed by atoms with Crippen LogP contribution in [0.3, 0.4) is 0 Å². The van der Waals surface area contributed by atoms with Crippen molar-refractivity contribution in [2.75, 3.05) is 0 Å². The van der Waals surface area contributed by atoms with Crippen LogP contribution >= 0.6 is 12.6 Å². The monoisotopic (exact) mass is 262 g/mol. The summed E-state index contributed by atoms with van der Waals surface area (Å²) in [6, 6.07) is 3.85. The molecule has 0 bridgehead atoms. The second-order valence-electron chi connectivity index (χ2n) is 2.32. The van der Waals surface area contributed by atoms with Gasteiger partial charge in [-0.05, 0) is 12.1 Å². The number of nitrogens with zero attached hydrogens (tertiary/aromatic N) is 1. The first-order valence-electron chi connectivity index (χ1n) is 3.29. The Morgan fingerprint density at radius 1 is 1.50 bits per heavy atom. The predicted octanol–water partition coefficient (Wildman–Crippen LogP) is 0.980. The number of rotatable bonds is 2. The largest absolute Gasteiger partial charge is 0.366 e. The molecule has 0 saturated heterocycles. The molecule has 0 heterocycles. The van der Waals surface area contributed by atoms with Gasteiger partial charge in [-0.15, -0.1) is 12.6 Å². The van der Waals surface area contributed by atoms with E-state index >= 15 is 0 Å². The van der Waals surface area contributed by atoms with Gasteiger partial charge < -0.3 is 5.73 Å². The van der Waals surface area contributed by atoms with Crippen molar-refractivity contribution in [3.63, 3.8) is 0 Å². The quantitative estimate of drug-likeness (QED) is 0.361. The Morgan fingerprint density at radius 2 is 2.07 bits per heavy atom. The van der Waals surface area contributed by atoms with E-state index in [0.717, 1.165) is 6.07 Å². The van der Waals surface area contributed by atoms with Gasteiger partial charge >= 0.3 is 0 Å². The molecule has 1 amide bonds. The van der Waals surface area contributed by atoms with Crippen molar-refractivity contribution in [3.8, 4) is 0 Å². The van der Waals surface area contributed by atoms with Gasteiger partial charge in [-0.25, -0.2) is 0 Å². The third-order valence-electron chi connectivity index (χ3n) is 1.46. The topological polar surface area (TPSA) is 86.2 Å². The van der Waals surface area contributed by atoms with Crippen molar-refractivity contribution in [1.82, 2.24) is 0 Å². The first-order valence-corrected chi connectivity index (χ1v) is 3.74. The average molecular weight is 264 g/mol. The SMILES string of the molecule is NC(=O)c1ccc(S)c([N+](=O)[O-])c1.[Zn]. The number of nitro groups is 1. The van der Waals surface area contributed by atoms with E-state index in [1.165, 1.54) is 12.1 Å². The number of primary amides is 1. The number of nitro benzene ring substituents is 1. The van der Waals surface area contributed by atoms with E-state index in [1.54, 1.807) is 0 Å². The van der Waals surface area contributed by atoms with E-state index in [-0.39, 0.29) is 35.6 Å². The number of carbonyl (C=O) groups is 1. The minimum Gasteiger partial charge on any atom is -0.366 e. The normalized spacial score (nSPS) is 8.93. The van der Waals surface area contributed by atoms with E-state index < -0.39 is 10.8 Å². The summed E-state index contributed by atoms with van der Waals surface area (Å²) in [6.07, 6.45) is 0. The van der Waals surface area contributed by atoms with E-state index in [4.69, 9.17) is 5.73 Å². The summed E-state index contributed by atoms with van der Waals surface area (Å²) in [6.45, 7) is 0. The first kappa shape index (κ1) is 13.1. The molecule has 5 nitrogen and oxygen atoms in total. The molecule has 0 aromatic heterocycles. The van der Waals surface area contributed by atoms with E-state index in [0.29, 0.717) is 0 Å². The van der Waals surface area contributed by atoms with Gasteiger partial charge in [0.25, 0.3) is 5.69 Å². The first-order chi connectivity index (χ1) is 6.02. The van der Waals surface area contributed by atoms with Crippen molar-refractivity contribution >= 4 is 24.2 Å². The summed E-state index contributed by atoms with van der Waals surface area (Å²) in [5.41, 5.74) is 4.83. The summed E-state index contributed by atoms with van der Waals surface area (Å²) < 4.78 is 0. The standard InChI is InChI=1S/C7H6N2O3S.Zn/c8-7(10)4-1-2-6(13)5(3-4)9(11)12;/h1-3,13H,(H2,8,10);. The number of hydrogen-bond donors (Lipinski definition) is 2. The van der Waals surface area contributed by atoms with Crippen molar-refractivity contribution in [1.29, 1.82) is 0 Å². The van der Waals surface area contributed by atoms with Crippen LogP contribution in [0.4, 0.5) is 5.69 Å². The average Bonchev–Trinajstić information content (AvgIpc) is 2.04. The van der Waals surface area contributed by atoms with Crippen molar-refractivity contribution < 1.29 is 29.2 Å². The third-order valence-corrected chi connectivity index (χ3v) is 1.83. The van der Waals surface area contributed by atoms with Gasteiger partial charge in [-0.3, -0.25) is 14.9 Å². The fourth-order valence-electron chi connectivity index (χ4n) is 0.823. The Balaban J connectivity index is 0.00000169. The van der Waals surface area contributed by atoms with Crippen LogP contribution in [0.15, 0.2) is 23.1 Å². The molecule has 0 spiro atoms. The smallest absolute Gasteiger partial charge is 0.283 e. The molecule has 14 heavy (non-hydrogen) atoms. The summed E-state index contributed by atoms with van der Waals surface area (Å²) in [4.78, 5) is 20.7. The van der Waals surface area contributed by atoms with Gasteiger partial charge in [0, 0.05) is 31.1 Å². The number of hydrogen-bond acceptors (Lipinski definition) is 4. The van der Waals surface area contributed by atoms with E-state index in [2.05, 4.69) is 12.6 Å². The van der Waals surface area contributed by atoms with Gasteiger partial charge in [0.2, 0.25) is 5.91 Å². The Hall–Kier alpha value is -0.937. The summed E-state index contributed by atoms with van der Waals surface area (Å²) >= 11 is 3.86. The fraction of sp³-hybridized carbons (Fsp3) is 0. The van der Waals surface area contributed by atoms with E-state index in [9.17, 15) is 14.9 Å².